The fraction of sp³-hybridized carbons (Fsp3) is 0.462. The molecule has 0 spiro atoms. The van der Waals surface area contributed by atoms with Crippen LogP contribution >= 0.6 is 0 Å². The molecule has 1 aromatic carbocycles. The molecule has 0 heterocycles. The van der Waals surface area contributed by atoms with Crippen molar-refractivity contribution in [3.8, 4) is 0 Å². The fourth-order valence-electron chi connectivity index (χ4n) is 1.60. The summed E-state index contributed by atoms with van der Waals surface area (Å²) in [6.45, 7) is 4.27. The minimum atomic E-state index is -0.241. The topological polar surface area (TPSA) is 61.4 Å². The molecule has 0 fully saturated rings. The summed E-state index contributed by atoms with van der Waals surface area (Å²) in [5, 5.41) is 14.0. The van der Waals surface area contributed by atoms with Crippen LogP contribution in [0.2, 0.25) is 0 Å². The molecule has 1 rings (SSSR count). The first-order chi connectivity index (χ1) is 8.15. The molecule has 0 aromatic heterocycles. The summed E-state index contributed by atoms with van der Waals surface area (Å²) < 4.78 is 0. The van der Waals surface area contributed by atoms with Gasteiger partial charge in [-0.3, -0.25) is 0 Å². The smallest absolute Gasteiger partial charge is 0.315 e. The lowest BCUT2D eigenvalue weighted by Gasteiger charge is -2.21. The molecule has 94 valence electrons. The average molecular weight is 236 g/mol. The van der Waals surface area contributed by atoms with Crippen molar-refractivity contribution in [2.24, 2.45) is 0 Å². The van der Waals surface area contributed by atoms with E-state index in [-0.39, 0.29) is 31.1 Å². The standard InChI is InChI=1S/C13H20N2O2/c1-10(12-6-4-3-5-7-12)11(2)15-13(17)14-8-9-16/h3-7,10-11,16H,8-9H2,1-2H3,(H2,14,15,17). The molecule has 0 aliphatic carbocycles. The Morgan fingerprint density at radius 2 is 1.94 bits per heavy atom. The zero-order valence-corrected chi connectivity index (χ0v) is 10.3. The van der Waals surface area contributed by atoms with Gasteiger partial charge in [0.25, 0.3) is 0 Å². The highest BCUT2D eigenvalue weighted by Crippen LogP contribution is 2.18. The van der Waals surface area contributed by atoms with Crippen molar-refractivity contribution in [3.63, 3.8) is 0 Å². The van der Waals surface area contributed by atoms with Crippen molar-refractivity contribution in [2.45, 2.75) is 25.8 Å². The monoisotopic (exact) mass is 236 g/mol. The molecule has 0 aliphatic heterocycles. The largest absolute Gasteiger partial charge is 0.395 e. The van der Waals surface area contributed by atoms with Crippen LogP contribution in [0.5, 0.6) is 0 Å². The van der Waals surface area contributed by atoms with Crippen LogP contribution in [0.3, 0.4) is 0 Å². The molecule has 1 aromatic rings. The number of amides is 2. The summed E-state index contributed by atoms with van der Waals surface area (Å²) in [7, 11) is 0. The summed E-state index contributed by atoms with van der Waals surface area (Å²) in [6.07, 6.45) is 0. The van der Waals surface area contributed by atoms with Gasteiger partial charge in [0.1, 0.15) is 0 Å². The van der Waals surface area contributed by atoms with Crippen molar-refractivity contribution in [1.29, 1.82) is 0 Å². The molecular formula is C13H20N2O2. The number of carbonyl (C=O) groups is 1. The zero-order chi connectivity index (χ0) is 12.7. The van der Waals surface area contributed by atoms with Gasteiger partial charge in [-0.15, -0.1) is 0 Å². The number of benzene rings is 1. The molecule has 0 aliphatic rings. The molecular weight excluding hydrogens is 216 g/mol. The molecule has 3 N–H and O–H groups in total. The number of aliphatic hydroxyl groups is 1. The first-order valence-corrected chi connectivity index (χ1v) is 5.85. The molecule has 0 bridgehead atoms. The predicted molar refractivity (Wildman–Crippen MR) is 67.9 cm³/mol. The summed E-state index contributed by atoms with van der Waals surface area (Å²) >= 11 is 0. The van der Waals surface area contributed by atoms with E-state index in [4.69, 9.17) is 5.11 Å². The van der Waals surface area contributed by atoms with Crippen LogP contribution in [-0.2, 0) is 0 Å². The second kappa shape index (κ2) is 6.91. The highest BCUT2D eigenvalue weighted by atomic mass is 16.3. The molecule has 4 nitrogen and oxygen atoms in total. The minimum absolute atomic E-state index is 0.0380. The van der Waals surface area contributed by atoms with Gasteiger partial charge in [-0.05, 0) is 12.5 Å². The highest BCUT2D eigenvalue weighted by Gasteiger charge is 2.15. The number of hydrogen-bond acceptors (Lipinski definition) is 2. The normalized spacial score (nSPS) is 13.8. The van der Waals surface area contributed by atoms with Gasteiger partial charge in [-0.25, -0.2) is 4.79 Å². The van der Waals surface area contributed by atoms with Crippen molar-refractivity contribution >= 4 is 6.03 Å². The predicted octanol–water partition coefficient (Wildman–Crippen LogP) is 1.47. The van der Waals surface area contributed by atoms with Crippen molar-refractivity contribution in [2.75, 3.05) is 13.2 Å². The van der Waals surface area contributed by atoms with Crippen LogP contribution in [0.4, 0.5) is 4.79 Å². The first-order valence-electron chi connectivity index (χ1n) is 5.85. The Kier molecular flexibility index (Phi) is 5.49. The Hall–Kier alpha value is -1.55. The molecule has 4 heteroatoms. The van der Waals surface area contributed by atoms with Crippen LogP contribution in [0.15, 0.2) is 30.3 Å². The maximum Gasteiger partial charge on any atom is 0.315 e. The lowest BCUT2D eigenvalue weighted by Crippen LogP contribution is -2.43. The lowest BCUT2D eigenvalue weighted by molar-refractivity contribution is 0.230. The lowest BCUT2D eigenvalue weighted by atomic mass is 9.95. The zero-order valence-electron chi connectivity index (χ0n) is 10.3. The Balaban J connectivity index is 2.47. The van der Waals surface area contributed by atoms with E-state index >= 15 is 0 Å². The third kappa shape index (κ3) is 4.44. The van der Waals surface area contributed by atoms with Gasteiger partial charge in [-0.2, -0.15) is 0 Å². The number of aliphatic hydroxyl groups excluding tert-OH is 1. The molecule has 0 saturated heterocycles. The van der Waals surface area contributed by atoms with Crippen LogP contribution in [0.25, 0.3) is 0 Å². The number of carbonyl (C=O) groups excluding carboxylic acids is 1. The van der Waals surface area contributed by atoms with E-state index in [2.05, 4.69) is 29.7 Å². The Bertz CT molecular complexity index is 341. The third-order valence-electron chi connectivity index (χ3n) is 2.83. The number of hydrogen-bond donors (Lipinski definition) is 3. The second-order valence-electron chi connectivity index (χ2n) is 4.11. The van der Waals surface area contributed by atoms with Crippen LogP contribution < -0.4 is 10.6 Å². The molecule has 2 unspecified atom stereocenters. The highest BCUT2D eigenvalue weighted by molar-refractivity contribution is 5.74. The van der Waals surface area contributed by atoms with Crippen molar-refractivity contribution < 1.29 is 9.90 Å². The summed E-state index contributed by atoms with van der Waals surface area (Å²) in [5.74, 6) is 0.246. The average Bonchev–Trinajstić information content (AvgIpc) is 2.36. The SMILES string of the molecule is CC(NC(=O)NCCO)C(C)c1ccccc1. The minimum Gasteiger partial charge on any atom is -0.395 e. The van der Waals surface area contributed by atoms with Crippen molar-refractivity contribution in [3.05, 3.63) is 35.9 Å². The van der Waals surface area contributed by atoms with E-state index in [0.29, 0.717) is 0 Å². The van der Waals surface area contributed by atoms with E-state index in [1.165, 1.54) is 5.56 Å². The molecule has 0 radical (unpaired) electrons. The third-order valence-corrected chi connectivity index (χ3v) is 2.83. The van der Waals surface area contributed by atoms with Crippen molar-refractivity contribution in [1.82, 2.24) is 10.6 Å². The number of urea groups is 1. The maximum absolute atomic E-state index is 11.4. The van der Waals surface area contributed by atoms with Gasteiger partial charge in [0.2, 0.25) is 0 Å². The summed E-state index contributed by atoms with van der Waals surface area (Å²) in [6, 6.07) is 9.85. The van der Waals surface area contributed by atoms with E-state index in [0.717, 1.165) is 0 Å². The molecule has 2 amide bonds. The van der Waals surface area contributed by atoms with Gasteiger partial charge in [0.05, 0.1) is 6.61 Å². The Morgan fingerprint density at radius 1 is 1.29 bits per heavy atom. The van der Waals surface area contributed by atoms with Gasteiger partial charge in [-0.1, -0.05) is 37.3 Å². The molecule has 0 saturated carbocycles. The van der Waals surface area contributed by atoms with Gasteiger partial charge in [0.15, 0.2) is 0 Å². The summed E-state index contributed by atoms with van der Waals surface area (Å²) in [4.78, 5) is 11.4. The quantitative estimate of drug-likeness (QED) is 0.725. The van der Waals surface area contributed by atoms with Crippen LogP contribution in [0, 0.1) is 0 Å². The van der Waals surface area contributed by atoms with E-state index in [1.807, 2.05) is 25.1 Å². The van der Waals surface area contributed by atoms with Gasteiger partial charge in [0, 0.05) is 18.5 Å². The maximum atomic E-state index is 11.4. The first kappa shape index (κ1) is 13.5. The van der Waals surface area contributed by atoms with Gasteiger partial charge < -0.3 is 15.7 Å². The Labute approximate surface area is 102 Å². The van der Waals surface area contributed by atoms with E-state index < -0.39 is 0 Å². The molecule has 2 atom stereocenters. The van der Waals surface area contributed by atoms with E-state index in [1.54, 1.807) is 0 Å². The number of nitrogens with one attached hydrogen (secondary N) is 2. The molecule has 17 heavy (non-hydrogen) atoms. The number of rotatable bonds is 5. The second-order valence-corrected chi connectivity index (χ2v) is 4.11. The van der Waals surface area contributed by atoms with Crippen LogP contribution in [0.1, 0.15) is 25.3 Å². The van der Waals surface area contributed by atoms with Crippen LogP contribution in [-0.4, -0.2) is 30.3 Å². The Morgan fingerprint density at radius 3 is 2.53 bits per heavy atom. The summed E-state index contributed by atoms with van der Waals surface area (Å²) in [5.41, 5.74) is 1.20. The van der Waals surface area contributed by atoms with Gasteiger partial charge >= 0.3 is 6.03 Å². The fourth-order valence-corrected chi connectivity index (χ4v) is 1.60. The van der Waals surface area contributed by atoms with E-state index in [9.17, 15) is 4.79 Å².